The molecule has 176 valence electrons. The average Bonchev–Trinajstić information content (AvgIpc) is 2.73. The minimum atomic E-state index is -5.17. The Morgan fingerprint density at radius 2 is 1.75 bits per heavy atom. The molecular formula is C21H28F3N5O3. The van der Waals surface area contributed by atoms with Crippen LogP contribution < -0.4 is 10.6 Å². The summed E-state index contributed by atoms with van der Waals surface area (Å²) in [5.41, 5.74) is 8.49. The monoisotopic (exact) mass is 455 g/mol. The quantitative estimate of drug-likeness (QED) is 0.300. The first kappa shape index (κ1) is 24.0. The normalized spacial score (nSPS) is 19.1. The average molecular weight is 455 g/mol. The molecule has 0 spiro atoms. The van der Waals surface area contributed by atoms with Gasteiger partial charge < -0.3 is 15.4 Å². The van der Waals surface area contributed by atoms with Gasteiger partial charge in [-0.2, -0.15) is 13.2 Å². The molecule has 2 aliphatic rings. The number of benzene rings is 1. The molecule has 11 heteroatoms. The summed E-state index contributed by atoms with van der Waals surface area (Å²) >= 11 is 0. The van der Waals surface area contributed by atoms with Crippen molar-refractivity contribution in [3.05, 3.63) is 29.3 Å². The Balaban J connectivity index is 1.43. The van der Waals surface area contributed by atoms with Crippen molar-refractivity contribution in [2.45, 2.75) is 32.0 Å². The molecule has 0 bridgehead atoms. The molecular weight excluding hydrogens is 427 g/mol. The van der Waals surface area contributed by atoms with Crippen LogP contribution in [0.2, 0.25) is 0 Å². The zero-order valence-electron chi connectivity index (χ0n) is 18.0. The molecule has 1 aromatic rings. The predicted octanol–water partition coefficient (Wildman–Crippen LogP) is 1.50. The fourth-order valence-corrected chi connectivity index (χ4v) is 4.32. The minimum Gasteiger partial charge on any atom is -0.385 e. The van der Waals surface area contributed by atoms with Crippen molar-refractivity contribution in [3.63, 3.8) is 0 Å². The number of nitrogen functional groups attached to an aromatic ring is 1. The van der Waals surface area contributed by atoms with Gasteiger partial charge in [-0.15, -0.1) is 0 Å². The number of likely N-dealkylation sites (tertiary alicyclic amines) is 1. The van der Waals surface area contributed by atoms with Crippen molar-refractivity contribution in [1.29, 1.82) is 5.41 Å². The number of carbonyl (C=O) groups excluding carboxylic acids is 2. The number of rotatable bonds is 5. The van der Waals surface area contributed by atoms with E-state index < -0.39 is 18.1 Å². The lowest BCUT2D eigenvalue weighted by atomic mass is 10.0. The molecule has 0 atom stereocenters. The summed E-state index contributed by atoms with van der Waals surface area (Å²) in [5.74, 6) is -3.59. The summed E-state index contributed by atoms with van der Waals surface area (Å²) in [6.07, 6.45) is -3.57. The maximum Gasteiger partial charge on any atom is 0.491 e. The lowest BCUT2D eigenvalue weighted by Crippen LogP contribution is -2.53. The first-order valence-corrected chi connectivity index (χ1v) is 10.5. The molecule has 2 heterocycles. The number of nitrogens with one attached hydrogen (secondary N) is 1. The Bertz CT molecular complexity index is 861. The molecule has 2 saturated heterocycles. The summed E-state index contributed by atoms with van der Waals surface area (Å²) < 4.78 is 40.4. The topological polar surface area (TPSA) is 103 Å². The van der Waals surface area contributed by atoms with Crippen LogP contribution in [0, 0.1) is 12.3 Å². The van der Waals surface area contributed by atoms with Crippen LogP contribution in [0.3, 0.4) is 0 Å². The van der Waals surface area contributed by atoms with Crippen molar-refractivity contribution in [1.82, 2.24) is 9.80 Å². The molecule has 2 fully saturated rings. The number of nitrogens with zero attached hydrogens (tertiary/aromatic N) is 3. The highest BCUT2D eigenvalue weighted by molar-refractivity contribution is 5.95. The molecule has 0 amide bonds. The minimum absolute atomic E-state index is 0.0519. The van der Waals surface area contributed by atoms with Gasteiger partial charge in [-0.3, -0.25) is 20.0 Å². The molecule has 0 aliphatic carbocycles. The molecule has 32 heavy (non-hydrogen) atoms. The van der Waals surface area contributed by atoms with Gasteiger partial charge >= 0.3 is 18.1 Å². The fourth-order valence-electron chi connectivity index (χ4n) is 4.32. The van der Waals surface area contributed by atoms with Crippen LogP contribution >= 0.6 is 0 Å². The van der Waals surface area contributed by atoms with Gasteiger partial charge in [-0.25, -0.2) is 4.79 Å². The standard InChI is InChI=1S/C21H28F3N5O3/c1-14-12-15(19(25)26)2-3-17(14)29-10-8-28(9-11-29)16-4-6-27(7-5-16)13-18(30)32-20(31)21(22,23)24/h2-3,12,16H,4-11,13H2,1H3,(H3,25,26). The summed E-state index contributed by atoms with van der Waals surface area (Å²) in [6.45, 7) is 6.33. The van der Waals surface area contributed by atoms with Crippen LogP contribution in [-0.4, -0.2) is 85.6 Å². The number of hydrogen-bond donors (Lipinski definition) is 2. The molecule has 2 aliphatic heterocycles. The number of aryl methyl sites for hydroxylation is 1. The first-order chi connectivity index (χ1) is 15.0. The van der Waals surface area contributed by atoms with Crippen LogP contribution in [0.25, 0.3) is 0 Å². The summed E-state index contributed by atoms with van der Waals surface area (Å²) in [4.78, 5) is 28.8. The second-order valence-electron chi connectivity index (χ2n) is 8.20. The number of anilines is 1. The van der Waals surface area contributed by atoms with E-state index in [0.29, 0.717) is 24.7 Å². The number of carbonyl (C=O) groups is 2. The van der Waals surface area contributed by atoms with Gasteiger partial charge in [-0.05, 0) is 43.5 Å². The van der Waals surface area contributed by atoms with E-state index in [9.17, 15) is 22.8 Å². The Kier molecular flexibility index (Phi) is 7.40. The van der Waals surface area contributed by atoms with E-state index in [1.807, 2.05) is 25.1 Å². The lowest BCUT2D eigenvalue weighted by molar-refractivity contribution is -0.202. The van der Waals surface area contributed by atoms with Gasteiger partial charge in [0.25, 0.3) is 0 Å². The third-order valence-corrected chi connectivity index (χ3v) is 6.03. The van der Waals surface area contributed by atoms with E-state index in [0.717, 1.165) is 50.3 Å². The first-order valence-electron chi connectivity index (χ1n) is 10.5. The van der Waals surface area contributed by atoms with E-state index in [1.54, 1.807) is 4.90 Å². The van der Waals surface area contributed by atoms with Crippen molar-refractivity contribution in [2.24, 2.45) is 5.73 Å². The predicted molar refractivity (Wildman–Crippen MR) is 113 cm³/mol. The number of esters is 2. The van der Waals surface area contributed by atoms with Crippen molar-refractivity contribution in [2.75, 3.05) is 50.7 Å². The molecule has 3 N–H and O–H groups in total. The second kappa shape index (κ2) is 9.86. The zero-order chi connectivity index (χ0) is 23.5. The summed E-state index contributed by atoms with van der Waals surface area (Å²) in [6, 6.07) is 6.14. The fraction of sp³-hybridized carbons (Fsp3) is 0.571. The third kappa shape index (κ3) is 5.98. The number of nitrogens with two attached hydrogens (primary N) is 1. The Morgan fingerprint density at radius 1 is 1.12 bits per heavy atom. The van der Waals surface area contributed by atoms with Crippen LogP contribution in [0.5, 0.6) is 0 Å². The Hall–Kier alpha value is -2.66. The van der Waals surface area contributed by atoms with Crippen molar-refractivity contribution >= 4 is 23.5 Å². The van der Waals surface area contributed by atoms with Crippen molar-refractivity contribution < 1.29 is 27.5 Å². The van der Waals surface area contributed by atoms with E-state index in [-0.39, 0.29) is 12.4 Å². The van der Waals surface area contributed by atoms with E-state index in [2.05, 4.69) is 14.5 Å². The smallest absolute Gasteiger partial charge is 0.385 e. The van der Waals surface area contributed by atoms with E-state index in [1.165, 1.54) is 0 Å². The molecule has 3 rings (SSSR count). The molecule has 0 aromatic heterocycles. The largest absolute Gasteiger partial charge is 0.491 e. The van der Waals surface area contributed by atoms with Crippen LogP contribution in [0.1, 0.15) is 24.0 Å². The summed E-state index contributed by atoms with van der Waals surface area (Å²) in [7, 11) is 0. The van der Waals surface area contributed by atoms with Crippen LogP contribution in [0.15, 0.2) is 18.2 Å². The van der Waals surface area contributed by atoms with Gasteiger partial charge in [0, 0.05) is 56.6 Å². The number of alkyl halides is 3. The second-order valence-corrected chi connectivity index (χ2v) is 8.20. The van der Waals surface area contributed by atoms with Gasteiger partial charge in [-0.1, -0.05) is 0 Å². The molecule has 0 unspecified atom stereocenters. The van der Waals surface area contributed by atoms with Crippen molar-refractivity contribution in [3.8, 4) is 0 Å². The van der Waals surface area contributed by atoms with Crippen LogP contribution in [0.4, 0.5) is 18.9 Å². The molecule has 8 nitrogen and oxygen atoms in total. The number of piperidine rings is 1. The third-order valence-electron chi connectivity index (χ3n) is 6.03. The molecule has 0 radical (unpaired) electrons. The van der Waals surface area contributed by atoms with E-state index >= 15 is 0 Å². The zero-order valence-corrected chi connectivity index (χ0v) is 18.0. The maximum absolute atomic E-state index is 12.2. The van der Waals surface area contributed by atoms with Gasteiger partial charge in [0.2, 0.25) is 0 Å². The highest BCUT2D eigenvalue weighted by atomic mass is 19.4. The molecule has 0 saturated carbocycles. The number of ether oxygens (including phenoxy) is 1. The van der Waals surface area contributed by atoms with Gasteiger partial charge in [0.05, 0.1) is 6.54 Å². The Labute approximate surface area is 184 Å². The van der Waals surface area contributed by atoms with Gasteiger partial charge in [0.1, 0.15) is 5.84 Å². The number of piperazine rings is 1. The number of amidine groups is 1. The molecule has 1 aromatic carbocycles. The van der Waals surface area contributed by atoms with Crippen LogP contribution in [-0.2, 0) is 14.3 Å². The maximum atomic E-state index is 12.2. The Morgan fingerprint density at radius 3 is 2.28 bits per heavy atom. The number of halogens is 3. The van der Waals surface area contributed by atoms with Gasteiger partial charge in [0.15, 0.2) is 0 Å². The highest BCUT2D eigenvalue weighted by Crippen LogP contribution is 2.25. The van der Waals surface area contributed by atoms with E-state index in [4.69, 9.17) is 11.1 Å². The number of hydrogen-bond acceptors (Lipinski definition) is 7. The highest BCUT2D eigenvalue weighted by Gasteiger charge is 2.42. The SMILES string of the molecule is Cc1cc(C(=N)N)ccc1N1CCN(C2CCN(CC(=O)OC(=O)C(F)(F)F)CC2)CC1. The lowest BCUT2D eigenvalue weighted by Gasteiger charge is -2.43. The summed E-state index contributed by atoms with van der Waals surface area (Å²) in [5, 5.41) is 7.56.